The molecule has 0 saturated carbocycles. The molecule has 0 atom stereocenters. The van der Waals surface area contributed by atoms with Crippen LogP contribution in [-0.2, 0) is 6.54 Å². The average molecular weight is 334 g/mol. The molecule has 0 bridgehead atoms. The number of aliphatic hydroxyl groups is 1. The lowest BCUT2D eigenvalue weighted by Gasteiger charge is -2.23. The topological polar surface area (TPSA) is 74.2 Å². The highest BCUT2D eigenvalue weighted by molar-refractivity contribution is 6.31. The van der Waals surface area contributed by atoms with E-state index in [0.29, 0.717) is 17.1 Å². The maximum Gasteiger partial charge on any atom is 0.251 e. The molecule has 6 heteroatoms. The van der Waals surface area contributed by atoms with Gasteiger partial charge in [-0.05, 0) is 44.2 Å². The van der Waals surface area contributed by atoms with Crippen molar-refractivity contribution in [1.29, 1.82) is 0 Å². The van der Waals surface area contributed by atoms with Crippen LogP contribution in [0.15, 0.2) is 42.6 Å². The first-order chi connectivity index (χ1) is 10.9. The van der Waals surface area contributed by atoms with Gasteiger partial charge in [0, 0.05) is 22.5 Å². The lowest BCUT2D eigenvalue weighted by Crippen LogP contribution is -2.46. The molecule has 1 amide bonds. The number of aromatic nitrogens is 1. The first-order valence-electron chi connectivity index (χ1n) is 7.27. The minimum absolute atomic E-state index is 0.149. The van der Waals surface area contributed by atoms with Crippen molar-refractivity contribution in [3.05, 3.63) is 58.9 Å². The van der Waals surface area contributed by atoms with Gasteiger partial charge in [-0.1, -0.05) is 17.7 Å². The quantitative estimate of drug-likeness (QED) is 0.760. The largest absolute Gasteiger partial charge is 0.394 e. The number of anilines is 1. The Morgan fingerprint density at radius 2 is 2.09 bits per heavy atom. The van der Waals surface area contributed by atoms with Gasteiger partial charge in [0.25, 0.3) is 5.91 Å². The van der Waals surface area contributed by atoms with Crippen LogP contribution in [0.4, 0.5) is 5.69 Å². The molecule has 3 N–H and O–H groups in total. The lowest BCUT2D eigenvalue weighted by atomic mass is 10.1. The Labute approximate surface area is 140 Å². The molecule has 5 nitrogen and oxygen atoms in total. The summed E-state index contributed by atoms with van der Waals surface area (Å²) in [6.45, 7) is 3.87. The highest BCUT2D eigenvalue weighted by Gasteiger charge is 2.20. The van der Waals surface area contributed by atoms with Gasteiger partial charge in [-0.25, -0.2) is 0 Å². The van der Waals surface area contributed by atoms with Crippen molar-refractivity contribution in [3.8, 4) is 0 Å². The maximum atomic E-state index is 12.3. The number of aliphatic hydroxyl groups excluding tert-OH is 1. The summed E-state index contributed by atoms with van der Waals surface area (Å²) in [7, 11) is 0. The van der Waals surface area contributed by atoms with E-state index < -0.39 is 5.54 Å². The fraction of sp³-hybridized carbons (Fsp3) is 0.294. The standard InChI is InChI=1S/C17H20ClN3O2/c1-17(2,11-22)21-16(23)12-7-13(18)9-15(8-12)20-10-14-5-3-4-6-19-14/h3-9,20,22H,10-11H2,1-2H3,(H,21,23). The SMILES string of the molecule is CC(C)(CO)NC(=O)c1cc(Cl)cc(NCc2ccccn2)c1. The van der Waals surface area contributed by atoms with E-state index in [1.54, 1.807) is 38.2 Å². The van der Waals surface area contributed by atoms with E-state index in [1.165, 1.54) is 0 Å². The van der Waals surface area contributed by atoms with Crippen molar-refractivity contribution in [3.63, 3.8) is 0 Å². The van der Waals surface area contributed by atoms with Crippen LogP contribution in [0.2, 0.25) is 5.02 Å². The number of rotatable bonds is 6. The van der Waals surface area contributed by atoms with Crippen molar-refractivity contribution in [2.75, 3.05) is 11.9 Å². The molecule has 0 unspecified atom stereocenters. The van der Waals surface area contributed by atoms with Crippen LogP contribution in [0.3, 0.4) is 0 Å². The van der Waals surface area contributed by atoms with E-state index in [0.717, 1.165) is 11.4 Å². The Hall–Kier alpha value is -2.11. The van der Waals surface area contributed by atoms with E-state index in [4.69, 9.17) is 11.6 Å². The van der Waals surface area contributed by atoms with Crippen molar-refractivity contribution in [2.24, 2.45) is 0 Å². The zero-order valence-electron chi connectivity index (χ0n) is 13.1. The Kier molecular flexibility index (Phi) is 5.58. The molecule has 2 aromatic rings. The van der Waals surface area contributed by atoms with Gasteiger partial charge >= 0.3 is 0 Å². The van der Waals surface area contributed by atoms with Gasteiger partial charge in [-0.15, -0.1) is 0 Å². The summed E-state index contributed by atoms with van der Waals surface area (Å²) in [5.41, 5.74) is 1.36. The number of benzene rings is 1. The van der Waals surface area contributed by atoms with Crippen LogP contribution < -0.4 is 10.6 Å². The summed E-state index contributed by atoms with van der Waals surface area (Å²) in [5, 5.41) is 15.7. The van der Waals surface area contributed by atoms with Gasteiger partial charge in [0.1, 0.15) is 0 Å². The molecular weight excluding hydrogens is 314 g/mol. The summed E-state index contributed by atoms with van der Waals surface area (Å²) in [5.74, 6) is -0.285. The minimum atomic E-state index is -0.694. The minimum Gasteiger partial charge on any atom is -0.394 e. The number of nitrogens with one attached hydrogen (secondary N) is 2. The summed E-state index contributed by atoms with van der Waals surface area (Å²) in [4.78, 5) is 16.5. The van der Waals surface area contributed by atoms with Crippen LogP contribution >= 0.6 is 11.6 Å². The van der Waals surface area contributed by atoms with Crippen LogP contribution in [0.25, 0.3) is 0 Å². The Bertz CT molecular complexity index is 675. The summed E-state index contributed by atoms with van der Waals surface area (Å²) in [6.07, 6.45) is 1.73. The van der Waals surface area contributed by atoms with E-state index in [9.17, 15) is 9.90 Å². The predicted molar refractivity (Wildman–Crippen MR) is 91.6 cm³/mol. The summed E-state index contributed by atoms with van der Waals surface area (Å²) < 4.78 is 0. The third-order valence-electron chi connectivity index (χ3n) is 3.21. The number of halogens is 1. The van der Waals surface area contributed by atoms with Crippen LogP contribution in [0, 0.1) is 0 Å². The fourth-order valence-corrected chi connectivity index (χ4v) is 2.17. The average Bonchev–Trinajstić information content (AvgIpc) is 2.53. The van der Waals surface area contributed by atoms with Crippen LogP contribution in [0.1, 0.15) is 29.9 Å². The van der Waals surface area contributed by atoms with Gasteiger partial charge in [0.15, 0.2) is 0 Å². The van der Waals surface area contributed by atoms with Crippen molar-refractivity contribution >= 4 is 23.2 Å². The monoisotopic (exact) mass is 333 g/mol. The first kappa shape index (κ1) is 17.2. The Balaban J connectivity index is 2.11. The number of carbonyl (C=O) groups is 1. The highest BCUT2D eigenvalue weighted by Crippen LogP contribution is 2.20. The molecule has 23 heavy (non-hydrogen) atoms. The molecule has 1 aromatic carbocycles. The maximum absolute atomic E-state index is 12.3. The Morgan fingerprint density at radius 1 is 1.30 bits per heavy atom. The van der Waals surface area contributed by atoms with Gasteiger partial charge in [-0.2, -0.15) is 0 Å². The van der Waals surface area contributed by atoms with E-state index in [-0.39, 0.29) is 12.5 Å². The van der Waals surface area contributed by atoms with Gasteiger partial charge < -0.3 is 15.7 Å². The first-order valence-corrected chi connectivity index (χ1v) is 7.65. The molecule has 1 heterocycles. The van der Waals surface area contributed by atoms with Crippen LogP contribution in [0.5, 0.6) is 0 Å². The molecule has 0 aliphatic rings. The number of carbonyl (C=O) groups excluding carboxylic acids is 1. The van der Waals surface area contributed by atoms with Crippen molar-refractivity contribution in [2.45, 2.75) is 25.9 Å². The highest BCUT2D eigenvalue weighted by atomic mass is 35.5. The van der Waals surface area contributed by atoms with Crippen molar-refractivity contribution < 1.29 is 9.90 Å². The molecule has 1 aromatic heterocycles. The molecule has 0 aliphatic carbocycles. The number of hydrogen-bond donors (Lipinski definition) is 3. The van der Waals surface area contributed by atoms with E-state index >= 15 is 0 Å². The van der Waals surface area contributed by atoms with Gasteiger partial charge in [-0.3, -0.25) is 9.78 Å². The number of amides is 1. The summed E-state index contributed by atoms with van der Waals surface area (Å²) >= 11 is 6.10. The molecule has 0 radical (unpaired) electrons. The molecule has 0 saturated heterocycles. The van der Waals surface area contributed by atoms with Crippen molar-refractivity contribution in [1.82, 2.24) is 10.3 Å². The smallest absolute Gasteiger partial charge is 0.251 e. The summed E-state index contributed by atoms with van der Waals surface area (Å²) in [6, 6.07) is 10.7. The second-order valence-corrected chi connectivity index (χ2v) is 6.34. The van der Waals surface area contributed by atoms with E-state index in [1.807, 2.05) is 18.2 Å². The zero-order valence-corrected chi connectivity index (χ0v) is 13.9. The third-order valence-corrected chi connectivity index (χ3v) is 3.43. The number of pyridine rings is 1. The second kappa shape index (κ2) is 7.44. The second-order valence-electron chi connectivity index (χ2n) is 5.90. The molecule has 0 fully saturated rings. The molecular formula is C17H20ClN3O2. The zero-order chi connectivity index (χ0) is 16.9. The lowest BCUT2D eigenvalue weighted by molar-refractivity contribution is 0.0869. The van der Waals surface area contributed by atoms with E-state index in [2.05, 4.69) is 15.6 Å². The van der Waals surface area contributed by atoms with Gasteiger partial charge in [0.05, 0.1) is 24.4 Å². The molecule has 0 aliphatic heterocycles. The van der Waals surface area contributed by atoms with Gasteiger partial charge in [0.2, 0.25) is 0 Å². The fourth-order valence-electron chi connectivity index (χ4n) is 1.94. The molecule has 2 rings (SSSR count). The molecule has 0 spiro atoms. The third kappa shape index (κ3) is 5.23. The Morgan fingerprint density at radius 3 is 2.74 bits per heavy atom. The van der Waals surface area contributed by atoms with Crippen LogP contribution in [-0.4, -0.2) is 28.1 Å². The normalized spacial score (nSPS) is 11.1. The predicted octanol–water partition coefficient (Wildman–Crippen LogP) is 2.85. The molecule has 122 valence electrons. The number of nitrogens with zero attached hydrogens (tertiary/aromatic N) is 1. The number of hydrogen-bond acceptors (Lipinski definition) is 4.